The lowest BCUT2D eigenvalue weighted by Gasteiger charge is -2.18. The summed E-state index contributed by atoms with van der Waals surface area (Å²) < 4.78 is 77.6. The van der Waals surface area contributed by atoms with Gasteiger partial charge in [-0.1, -0.05) is 291 Å². The third kappa shape index (κ3) is 22.8. The van der Waals surface area contributed by atoms with Gasteiger partial charge in [-0.2, -0.15) is 26.3 Å². The summed E-state index contributed by atoms with van der Waals surface area (Å²) in [5.41, 5.74) is 45.7. The first kappa shape index (κ1) is 97.7. The Labute approximate surface area is 770 Å². The Morgan fingerprint density at radius 3 is 0.762 bits per heavy atom. The summed E-state index contributed by atoms with van der Waals surface area (Å²) in [6.07, 6.45) is -7.00. The second-order valence-corrected chi connectivity index (χ2v) is 35.4. The fourth-order valence-electron chi connectivity index (χ4n) is 17.8. The minimum Gasteiger partial charge on any atom is -0.166 e. The number of hydrogen-bond acceptors (Lipinski definition) is 0. The van der Waals surface area contributed by atoms with E-state index in [1.807, 2.05) is 0 Å². The molecular weight excluding hydrogens is 1600 g/mol. The van der Waals surface area contributed by atoms with Gasteiger partial charge in [0.1, 0.15) is 0 Å². The molecule has 0 saturated heterocycles. The second kappa shape index (κ2) is 43.0. The summed E-state index contributed by atoms with van der Waals surface area (Å²) in [6, 6.07) is 103. The topological polar surface area (TPSA) is 0 Å². The van der Waals surface area contributed by atoms with Crippen molar-refractivity contribution in [3.8, 4) is 55.6 Å². The Balaban J connectivity index is 0.000000147. The lowest BCUT2D eigenvalue weighted by molar-refractivity contribution is -0.139. The van der Waals surface area contributed by atoms with Gasteiger partial charge >= 0.3 is 12.4 Å². The number of alkyl halides is 6. The predicted octanol–water partition coefficient (Wildman–Crippen LogP) is 36.2. The van der Waals surface area contributed by atoms with Crippen molar-refractivity contribution in [2.45, 2.75) is 191 Å². The Morgan fingerprint density at radius 2 is 0.408 bits per heavy atom. The van der Waals surface area contributed by atoms with Crippen LogP contribution in [0.2, 0.25) is 0 Å². The van der Waals surface area contributed by atoms with Crippen LogP contribution in [0.4, 0.5) is 26.3 Å². The summed E-state index contributed by atoms with van der Waals surface area (Å²) in [5, 5.41) is 7.92. The van der Waals surface area contributed by atoms with Gasteiger partial charge in [-0.3, -0.25) is 0 Å². The zero-order valence-electron chi connectivity index (χ0n) is 80.5. The molecule has 130 heavy (non-hydrogen) atoms. The Hall–Kier alpha value is -12.9. The molecule has 0 atom stereocenters. The highest BCUT2D eigenvalue weighted by molar-refractivity contribution is 6.08. The molecule has 0 unspecified atom stereocenters. The maximum atomic E-state index is 12.9. The molecule has 6 heteroatoms. The van der Waals surface area contributed by atoms with Gasteiger partial charge in [0.15, 0.2) is 0 Å². The van der Waals surface area contributed by atoms with Crippen LogP contribution in [-0.4, -0.2) is 0 Å². The average molecular weight is 1730 g/mol. The molecule has 0 heterocycles. The molecule has 17 rings (SSSR count). The molecule has 0 N–H and O–H groups in total. The molecule has 0 fully saturated rings. The van der Waals surface area contributed by atoms with E-state index in [2.05, 4.69) is 419 Å². The molecule has 17 aromatic carbocycles. The summed E-state index contributed by atoms with van der Waals surface area (Å²) in [5.74, 6) is 0. The van der Waals surface area contributed by atoms with Gasteiger partial charge < -0.3 is 0 Å². The number of hydrogen-bond donors (Lipinski definition) is 0. The zero-order valence-corrected chi connectivity index (χ0v) is 80.5. The van der Waals surface area contributed by atoms with Gasteiger partial charge in [0, 0.05) is 0 Å². The maximum Gasteiger partial charge on any atom is 0.416 e. The van der Waals surface area contributed by atoms with Gasteiger partial charge in [-0.05, 0) is 435 Å². The van der Waals surface area contributed by atoms with Crippen LogP contribution in [0, 0.1) is 166 Å². The van der Waals surface area contributed by atoms with Gasteiger partial charge in [-0.15, -0.1) is 0 Å². The molecule has 0 aliphatic carbocycles. The number of aryl methyl sites for hydroxylation is 16. The van der Waals surface area contributed by atoms with Crippen molar-refractivity contribution in [1.82, 2.24) is 0 Å². The predicted molar refractivity (Wildman–Crippen MR) is 547 cm³/mol. The number of fused-ring (bicyclic) bond motifs is 3. The molecule has 0 aromatic heterocycles. The van der Waals surface area contributed by atoms with Crippen molar-refractivity contribution in [2.24, 2.45) is 0 Å². The van der Waals surface area contributed by atoms with E-state index in [0.29, 0.717) is 0 Å². The van der Waals surface area contributed by atoms with E-state index in [4.69, 9.17) is 0 Å². The smallest absolute Gasteiger partial charge is 0.166 e. The Bertz CT molecular complexity index is 6570. The third-order valence-corrected chi connectivity index (χ3v) is 26.7. The Kier molecular flexibility index (Phi) is 32.3. The molecule has 0 nitrogen and oxygen atoms in total. The van der Waals surface area contributed by atoms with E-state index < -0.39 is 23.5 Å². The van der Waals surface area contributed by atoms with Crippen molar-refractivity contribution in [3.05, 3.63) is 470 Å². The van der Waals surface area contributed by atoms with E-state index in [-0.39, 0.29) is 22.3 Å². The molecule has 17 aromatic rings. The van der Waals surface area contributed by atoms with Crippen LogP contribution in [0.25, 0.3) is 88.0 Å². The van der Waals surface area contributed by atoms with Gasteiger partial charge in [0.05, 0.1) is 11.1 Å². The molecule has 0 aliphatic rings. The van der Waals surface area contributed by atoms with Gasteiger partial charge in [0.2, 0.25) is 0 Å². The minimum atomic E-state index is -4.55. The van der Waals surface area contributed by atoms with Crippen LogP contribution in [-0.2, 0) is 25.2 Å². The maximum absolute atomic E-state index is 12.9. The van der Waals surface area contributed by atoms with Crippen LogP contribution in [0.5, 0.6) is 0 Å². The first-order valence-electron chi connectivity index (χ1n) is 45.1. The van der Waals surface area contributed by atoms with Crippen LogP contribution in [0.3, 0.4) is 0 Å². The normalized spacial score (nSPS) is 11.1. The molecule has 0 spiro atoms. The fourth-order valence-corrected chi connectivity index (χ4v) is 17.8. The standard InChI is InChI=1S/C22H18.C19H24.C18H16.C18H22.C16H12F6.C16H18.C15H16/c1-15-11-13-17-7-3-5-9-19(17)21(15)22-16(2)12-14-18-8-4-6-10-20(18)22;1-12-7-9-14(3)18(16(12)5)11-19-15(4)10-8-13(2)17(19)6;1-13-7-3-5-9-16(13)18-14(2)11-12-15-8-4-6-10-17(15)18;1-11-7-9-13(3)17(15(11)5)18-14(4)10-8-12(2)16(18)6;1-9-11(5-3-7-13(9)15(17,18)19)12-6-4-8-14(10(12)2)16(20,21)22;1-11-7-5-9-15(13(11)3)16-10-6-8-12(2)14(16)4;1-12-7-3-5-9-14(12)11-15-10-6-4-8-13(15)2/h3-14H,1-2H3;7-10H,11H2,1-6H3;3-12H,1-2H3;7-10H,1-6H3;3-8H,1-2H3;5-10H,1-4H3;3-10H,11H2,1-2H3. The summed E-state index contributed by atoms with van der Waals surface area (Å²) >= 11 is 0. The van der Waals surface area contributed by atoms with Crippen molar-refractivity contribution >= 4 is 32.3 Å². The van der Waals surface area contributed by atoms with Crippen LogP contribution in [0.15, 0.2) is 303 Å². The molecule has 0 bridgehead atoms. The quantitative estimate of drug-likeness (QED) is 0.126. The third-order valence-electron chi connectivity index (χ3n) is 26.7. The second-order valence-electron chi connectivity index (χ2n) is 35.4. The molecule has 0 aliphatic heterocycles. The molecule has 0 saturated carbocycles. The van der Waals surface area contributed by atoms with Crippen LogP contribution < -0.4 is 0 Å². The minimum absolute atomic E-state index is 0.0857. The number of halogens is 6. The fraction of sp³-hybridized carbons (Fsp3) is 0.226. The summed E-state index contributed by atoms with van der Waals surface area (Å²) in [4.78, 5) is 0. The van der Waals surface area contributed by atoms with Crippen LogP contribution in [0.1, 0.15) is 167 Å². The molecule has 664 valence electrons. The Morgan fingerprint density at radius 1 is 0.162 bits per heavy atom. The first-order valence-corrected chi connectivity index (χ1v) is 45.1. The molecular formula is C124H126F6. The lowest BCUT2D eigenvalue weighted by atomic mass is 9.86. The first-order chi connectivity index (χ1) is 61.8. The molecule has 0 amide bonds. The van der Waals surface area contributed by atoms with E-state index >= 15 is 0 Å². The van der Waals surface area contributed by atoms with E-state index in [1.165, 1.54) is 260 Å². The van der Waals surface area contributed by atoms with Crippen molar-refractivity contribution < 1.29 is 26.3 Å². The number of rotatable bonds is 9. The van der Waals surface area contributed by atoms with Crippen molar-refractivity contribution in [1.29, 1.82) is 0 Å². The largest absolute Gasteiger partial charge is 0.416 e. The van der Waals surface area contributed by atoms with Crippen LogP contribution >= 0.6 is 0 Å². The highest BCUT2D eigenvalue weighted by Crippen LogP contribution is 2.44. The van der Waals surface area contributed by atoms with E-state index in [1.54, 1.807) is 0 Å². The number of benzene rings is 17. The highest BCUT2D eigenvalue weighted by Gasteiger charge is 2.36. The van der Waals surface area contributed by atoms with E-state index in [0.717, 1.165) is 25.0 Å². The van der Waals surface area contributed by atoms with E-state index in [9.17, 15) is 26.3 Å². The summed E-state index contributed by atoms with van der Waals surface area (Å²) in [6.45, 7) is 51.0. The van der Waals surface area contributed by atoms with Gasteiger partial charge in [-0.25, -0.2) is 0 Å². The average Bonchev–Trinajstić information content (AvgIpc) is 0.766. The monoisotopic (exact) mass is 1730 g/mol. The lowest BCUT2D eigenvalue weighted by Crippen LogP contribution is -2.10. The zero-order chi connectivity index (χ0) is 94.3. The molecule has 0 radical (unpaired) electrons. The summed E-state index contributed by atoms with van der Waals surface area (Å²) in [7, 11) is 0. The van der Waals surface area contributed by atoms with Gasteiger partial charge in [0.25, 0.3) is 0 Å². The van der Waals surface area contributed by atoms with Crippen molar-refractivity contribution in [3.63, 3.8) is 0 Å². The van der Waals surface area contributed by atoms with Crippen molar-refractivity contribution in [2.75, 3.05) is 0 Å². The SMILES string of the molecule is Cc1c(-c2cccc(C(F)(F)F)c2C)cccc1C(F)(F)F.Cc1ccc(C)c(-c2c(C)ccc(C)c2C)c1C.Cc1ccc(C)c(Cc2c(C)ccc(C)c2C)c1C.Cc1ccc2ccccc2c1-c1c(C)ccc2ccccc12.Cc1cccc(-c2cccc(C)c2C)c1C.Cc1ccccc1-c1c(C)ccc2ccccc12.Cc1ccccc1Cc1ccccc1C. The highest BCUT2D eigenvalue weighted by atomic mass is 19.4.